The maximum Gasteiger partial charge on any atom is 0.321 e. The Balaban J connectivity index is 1.68. The van der Waals surface area contributed by atoms with Crippen molar-refractivity contribution in [1.29, 1.82) is 0 Å². The smallest absolute Gasteiger partial charge is 0.321 e. The van der Waals surface area contributed by atoms with Crippen molar-refractivity contribution < 1.29 is 13.2 Å². The minimum Gasteiger partial charge on any atom is -0.339 e. The molecule has 1 fully saturated rings. The van der Waals surface area contributed by atoms with Crippen LogP contribution >= 0.6 is 0 Å². The number of rotatable bonds is 3. The zero-order valence-corrected chi connectivity index (χ0v) is 17.6. The van der Waals surface area contributed by atoms with Crippen LogP contribution in [0, 0.1) is 0 Å². The van der Waals surface area contributed by atoms with E-state index >= 15 is 0 Å². The number of fused-ring (bicyclic) bond motifs is 1. The molecule has 0 bridgehead atoms. The van der Waals surface area contributed by atoms with Gasteiger partial charge in [0.15, 0.2) is 9.84 Å². The molecule has 2 aliphatic heterocycles. The summed E-state index contributed by atoms with van der Waals surface area (Å²) < 4.78 is 24.2. The molecule has 2 aromatic carbocycles. The van der Waals surface area contributed by atoms with Crippen molar-refractivity contribution in [1.82, 2.24) is 9.80 Å². The first-order chi connectivity index (χ1) is 13.8. The molecule has 4 rings (SSSR count). The van der Waals surface area contributed by atoms with Gasteiger partial charge < -0.3 is 20.0 Å². The molecule has 29 heavy (non-hydrogen) atoms. The highest BCUT2D eigenvalue weighted by atomic mass is 32.2. The second-order valence-corrected chi connectivity index (χ2v) is 9.72. The van der Waals surface area contributed by atoms with E-state index in [1.807, 2.05) is 19.2 Å². The van der Waals surface area contributed by atoms with E-state index in [0.29, 0.717) is 18.8 Å². The fourth-order valence-corrected chi connectivity index (χ4v) is 4.52. The van der Waals surface area contributed by atoms with Crippen LogP contribution < -0.4 is 10.2 Å². The molecule has 154 valence electrons. The van der Waals surface area contributed by atoms with Crippen molar-refractivity contribution in [3.8, 4) is 0 Å². The van der Waals surface area contributed by atoms with Crippen molar-refractivity contribution in [2.24, 2.45) is 0 Å². The van der Waals surface area contributed by atoms with E-state index in [-0.39, 0.29) is 10.9 Å². The largest absolute Gasteiger partial charge is 0.339 e. The lowest BCUT2D eigenvalue weighted by Crippen LogP contribution is -2.48. The molecule has 2 aromatic rings. The van der Waals surface area contributed by atoms with Gasteiger partial charge in [0.25, 0.3) is 0 Å². The van der Waals surface area contributed by atoms with E-state index in [1.165, 1.54) is 11.8 Å². The third-order valence-electron chi connectivity index (χ3n) is 5.61. The summed E-state index contributed by atoms with van der Waals surface area (Å²) in [6.07, 6.45) is 2.09. The Hall–Kier alpha value is -2.58. The predicted molar refractivity (Wildman–Crippen MR) is 115 cm³/mol. The molecule has 2 aliphatic rings. The van der Waals surface area contributed by atoms with Gasteiger partial charge in [-0.2, -0.15) is 0 Å². The lowest BCUT2D eigenvalue weighted by molar-refractivity contribution is 0.164. The van der Waals surface area contributed by atoms with Crippen LogP contribution in [-0.2, 0) is 16.3 Å². The number of benzene rings is 2. The SMILES string of the molecule is CN1CCN(C(=O)Nc2cc(S(C)(=O)=O)ccc2N2CCc3ccccc32)CC1. The Morgan fingerprint density at radius 3 is 2.41 bits per heavy atom. The van der Waals surface area contributed by atoms with Gasteiger partial charge in [-0.15, -0.1) is 0 Å². The summed E-state index contributed by atoms with van der Waals surface area (Å²) in [6, 6.07) is 12.9. The van der Waals surface area contributed by atoms with Gasteiger partial charge in [-0.25, -0.2) is 13.2 Å². The standard InChI is InChI=1S/C21H26N4O3S/c1-23-11-13-24(14-12-23)21(26)22-18-15-17(29(2,27)28)7-8-20(18)25-10-9-16-5-3-4-6-19(16)25/h3-8,15H,9-14H2,1-2H3,(H,22,26). The first-order valence-electron chi connectivity index (χ1n) is 9.77. The van der Waals surface area contributed by atoms with Crippen molar-refractivity contribution >= 4 is 32.9 Å². The second-order valence-electron chi connectivity index (χ2n) is 7.70. The monoisotopic (exact) mass is 414 g/mol. The summed E-state index contributed by atoms with van der Waals surface area (Å²) >= 11 is 0. The van der Waals surface area contributed by atoms with Crippen LogP contribution in [0.4, 0.5) is 21.9 Å². The zero-order valence-electron chi connectivity index (χ0n) is 16.8. The average Bonchev–Trinajstić information content (AvgIpc) is 3.12. The summed E-state index contributed by atoms with van der Waals surface area (Å²) in [4.78, 5) is 19.2. The van der Waals surface area contributed by atoms with E-state index in [0.717, 1.165) is 37.4 Å². The van der Waals surface area contributed by atoms with Crippen molar-refractivity contribution in [3.05, 3.63) is 48.0 Å². The number of hydrogen-bond donors (Lipinski definition) is 1. The molecular formula is C21H26N4O3S. The van der Waals surface area contributed by atoms with Crippen molar-refractivity contribution in [2.45, 2.75) is 11.3 Å². The number of carbonyl (C=O) groups excluding carboxylic acids is 1. The number of nitrogens with one attached hydrogen (secondary N) is 1. The number of anilines is 3. The number of amides is 2. The number of nitrogens with zero attached hydrogens (tertiary/aromatic N) is 3. The molecule has 0 radical (unpaired) electrons. The molecule has 7 nitrogen and oxygen atoms in total. The van der Waals surface area contributed by atoms with Gasteiger partial charge in [0, 0.05) is 44.7 Å². The Morgan fingerprint density at radius 1 is 0.966 bits per heavy atom. The van der Waals surface area contributed by atoms with Crippen LogP contribution in [0.5, 0.6) is 0 Å². The van der Waals surface area contributed by atoms with Gasteiger partial charge in [0.2, 0.25) is 0 Å². The van der Waals surface area contributed by atoms with E-state index in [2.05, 4.69) is 27.2 Å². The Bertz CT molecular complexity index is 1030. The lowest BCUT2D eigenvalue weighted by atomic mass is 10.1. The molecule has 0 aliphatic carbocycles. The molecule has 0 saturated carbocycles. The summed E-state index contributed by atoms with van der Waals surface area (Å²) in [6.45, 7) is 3.73. The first-order valence-corrected chi connectivity index (χ1v) is 11.7. The molecule has 0 atom stereocenters. The van der Waals surface area contributed by atoms with Crippen LogP contribution in [0.3, 0.4) is 0 Å². The third-order valence-corrected chi connectivity index (χ3v) is 6.72. The molecule has 0 unspecified atom stereocenters. The van der Waals surface area contributed by atoms with Gasteiger partial charge in [-0.1, -0.05) is 18.2 Å². The molecule has 2 amide bonds. The molecule has 0 spiro atoms. The number of carbonyl (C=O) groups is 1. The first kappa shape index (κ1) is 19.7. The molecule has 1 N–H and O–H groups in total. The summed E-state index contributed by atoms with van der Waals surface area (Å²) in [5.74, 6) is 0. The number of hydrogen-bond acceptors (Lipinski definition) is 5. The quantitative estimate of drug-likeness (QED) is 0.836. The highest BCUT2D eigenvalue weighted by Crippen LogP contribution is 2.39. The van der Waals surface area contributed by atoms with Gasteiger partial charge in [-0.05, 0) is 43.3 Å². The summed E-state index contributed by atoms with van der Waals surface area (Å²) in [5.41, 5.74) is 3.67. The minimum atomic E-state index is -3.38. The van der Waals surface area contributed by atoms with E-state index in [4.69, 9.17) is 0 Å². The Morgan fingerprint density at radius 2 is 1.69 bits per heavy atom. The Kier molecular flexibility index (Phi) is 5.23. The second kappa shape index (κ2) is 7.68. The van der Waals surface area contributed by atoms with Gasteiger partial charge in [0.1, 0.15) is 0 Å². The highest BCUT2D eigenvalue weighted by Gasteiger charge is 2.25. The Labute approximate surface area is 171 Å². The van der Waals surface area contributed by atoms with Gasteiger partial charge in [-0.3, -0.25) is 0 Å². The van der Waals surface area contributed by atoms with Gasteiger partial charge in [0.05, 0.1) is 16.3 Å². The van der Waals surface area contributed by atoms with Crippen molar-refractivity contribution in [2.75, 3.05) is 56.2 Å². The number of sulfone groups is 1. The average molecular weight is 415 g/mol. The minimum absolute atomic E-state index is 0.197. The highest BCUT2D eigenvalue weighted by molar-refractivity contribution is 7.90. The maximum absolute atomic E-state index is 12.9. The van der Waals surface area contributed by atoms with Crippen LogP contribution in [0.1, 0.15) is 5.56 Å². The third kappa shape index (κ3) is 4.09. The topological polar surface area (TPSA) is 73.0 Å². The molecule has 0 aromatic heterocycles. The van der Waals surface area contributed by atoms with E-state index in [1.54, 1.807) is 23.1 Å². The van der Waals surface area contributed by atoms with Crippen LogP contribution in [0.15, 0.2) is 47.4 Å². The normalized spacial score (nSPS) is 17.3. The number of para-hydroxylation sites is 1. The maximum atomic E-state index is 12.9. The predicted octanol–water partition coefficient (Wildman–Crippen LogP) is 2.56. The molecule has 2 heterocycles. The summed E-state index contributed by atoms with van der Waals surface area (Å²) in [7, 11) is -1.35. The van der Waals surface area contributed by atoms with E-state index < -0.39 is 9.84 Å². The molecule has 1 saturated heterocycles. The number of piperazine rings is 1. The molecular weight excluding hydrogens is 388 g/mol. The van der Waals surface area contributed by atoms with Crippen LogP contribution in [-0.4, -0.2) is 70.3 Å². The fraction of sp³-hybridized carbons (Fsp3) is 0.381. The van der Waals surface area contributed by atoms with Crippen LogP contribution in [0.25, 0.3) is 0 Å². The number of urea groups is 1. The zero-order chi connectivity index (χ0) is 20.6. The molecule has 8 heteroatoms. The van der Waals surface area contributed by atoms with Crippen LogP contribution in [0.2, 0.25) is 0 Å². The number of likely N-dealkylation sites (N-methyl/N-ethyl adjacent to an activating group) is 1. The van der Waals surface area contributed by atoms with E-state index in [9.17, 15) is 13.2 Å². The lowest BCUT2D eigenvalue weighted by Gasteiger charge is -2.33. The summed E-state index contributed by atoms with van der Waals surface area (Å²) in [5, 5.41) is 2.98. The van der Waals surface area contributed by atoms with Gasteiger partial charge >= 0.3 is 6.03 Å². The fourth-order valence-electron chi connectivity index (χ4n) is 3.87. The van der Waals surface area contributed by atoms with Crippen molar-refractivity contribution in [3.63, 3.8) is 0 Å².